The zero-order valence-corrected chi connectivity index (χ0v) is 7.30. The summed E-state index contributed by atoms with van der Waals surface area (Å²) in [6, 6.07) is 4.71. The van der Waals surface area contributed by atoms with E-state index >= 15 is 0 Å². The summed E-state index contributed by atoms with van der Waals surface area (Å²) in [5.74, 6) is 0. The van der Waals surface area contributed by atoms with E-state index in [0.717, 1.165) is 0 Å². The molecule has 0 fully saturated rings. The van der Waals surface area contributed by atoms with E-state index in [-0.39, 0.29) is 10.6 Å². The second-order valence-electron chi connectivity index (χ2n) is 2.43. The summed E-state index contributed by atoms with van der Waals surface area (Å²) in [5, 5.41) is 0.212. The van der Waals surface area contributed by atoms with Crippen molar-refractivity contribution >= 4 is 11.6 Å². The molecule has 13 heavy (non-hydrogen) atoms. The number of halogens is 3. The second-order valence-corrected chi connectivity index (χ2v) is 2.84. The molecule has 0 radical (unpaired) electrons. The Balaban J connectivity index is 3.07. The zero-order valence-electron chi connectivity index (χ0n) is 6.55. The van der Waals surface area contributed by atoms with Crippen LogP contribution in [0.5, 0.6) is 0 Å². The van der Waals surface area contributed by atoms with Crippen LogP contribution in [0.4, 0.5) is 8.78 Å². The highest BCUT2D eigenvalue weighted by atomic mass is 35.5. The SMILES string of the molecule is [C-]#[N+]C(c1ccccc1Cl)C(F)F. The maximum atomic E-state index is 12.3. The number of alkyl halides is 2. The Labute approximate surface area is 79.8 Å². The van der Waals surface area contributed by atoms with E-state index in [0.29, 0.717) is 0 Å². The van der Waals surface area contributed by atoms with Crippen LogP contribution in [0.15, 0.2) is 24.3 Å². The quantitative estimate of drug-likeness (QED) is 0.645. The van der Waals surface area contributed by atoms with Gasteiger partial charge in [0.25, 0.3) is 0 Å². The van der Waals surface area contributed by atoms with Gasteiger partial charge in [-0.25, -0.2) is 15.4 Å². The van der Waals surface area contributed by atoms with Crippen LogP contribution in [0.25, 0.3) is 4.85 Å². The smallest absolute Gasteiger partial charge is 0.302 e. The minimum atomic E-state index is -2.70. The molecule has 0 bridgehead atoms. The van der Waals surface area contributed by atoms with Gasteiger partial charge < -0.3 is 4.85 Å². The molecule has 1 atom stereocenters. The number of rotatable bonds is 2. The third-order valence-electron chi connectivity index (χ3n) is 1.60. The molecule has 0 aliphatic rings. The molecular weight excluding hydrogens is 196 g/mol. The minimum Gasteiger partial charge on any atom is -0.302 e. The number of hydrogen-bond acceptors (Lipinski definition) is 0. The summed E-state index contributed by atoms with van der Waals surface area (Å²) in [4.78, 5) is 2.83. The van der Waals surface area contributed by atoms with Crippen molar-refractivity contribution < 1.29 is 8.78 Å². The van der Waals surface area contributed by atoms with Crippen LogP contribution < -0.4 is 0 Å². The van der Waals surface area contributed by atoms with Crippen molar-refractivity contribution in [2.45, 2.75) is 12.5 Å². The molecule has 1 nitrogen and oxygen atoms in total. The van der Waals surface area contributed by atoms with Crippen molar-refractivity contribution in [2.24, 2.45) is 0 Å². The van der Waals surface area contributed by atoms with E-state index in [2.05, 4.69) is 4.85 Å². The van der Waals surface area contributed by atoms with Gasteiger partial charge in [-0.3, -0.25) is 0 Å². The molecule has 1 unspecified atom stereocenters. The van der Waals surface area contributed by atoms with E-state index in [9.17, 15) is 8.78 Å². The van der Waals surface area contributed by atoms with E-state index < -0.39 is 12.5 Å². The summed E-state index contributed by atoms with van der Waals surface area (Å²) in [7, 11) is 0. The molecule has 1 rings (SSSR count). The first-order valence-corrected chi connectivity index (χ1v) is 3.93. The molecule has 68 valence electrons. The Morgan fingerprint density at radius 1 is 1.31 bits per heavy atom. The lowest BCUT2D eigenvalue weighted by Gasteiger charge is -2.05. The van der Waals surface area contributed by atoms with Gasteiger partial charge in [0.05, 0.1) is 10.6 Å². The summed E-state index contributed by atoms with van der Waals surface area (Å²) in [6.07, 6.45) is -2.70. The Hall–Kier alpha value is -1.14. The highest BCUT2D eigenvalue weighted by molar-refractivity contribution is 6.31. The number of nitrogens with zero attached hydrogens (tertiary/aromatic N) is 1. The third kappa shape index (κ3) is 2.16. The maximum absolute atomic E-state index is 12.3. The van der Waals surface area contributed by atoms with Crippen molar-refractivity contribution in [1.82, 2.24) is 0 Å². The fraction of sp³-hybridized carbons (Fsp3) is 0.222. The van der Waals surface area contributed by atoms with E-state index in [1.54, 1.807) is 12.1 Å². The standard InChI is InChI=1S/C9H6ClF2N/c1-13-8(9(11)12)6-4-2-3-5-7(6)10/h2-5,8-9H. The topological polar surface area (TPSA) is 4.36 Å². The van der Waals surface area contributed by atoms with E-state index in [1.807, 2.05) is 0 Å². The van der Waals surface area contributed by atoms with Crippen molar-refractivity contribution in [2.75, 3.05) is 0 Å². The monoisotopic (exact) mass is 201 g/mol. The molecule has 0 aromatic heterocycles. The molecule has 0 saturated carbocycles. The summed E-state index contributed by atoms with van der Waals surface area (Å²) >= 11 is 5.67. The predicted octanol–water partition coefficient (Wildman–Crippen LogP) is 3.57. The van der Waals surface area contributed by atoms with Crippen LogP contribution in [0, 0.1) is 6.57 Å². The average molecular weight is 202 g/mol. The summed E-state index contributed by atoms with van der Waals surface area (Å²) in [6.45, 7) is 6.61. The van der Waals surface area contributed by atoms with E-state index in [1.165, 1.54) is 12.1 Å². The lowest BCUT2D eigenvalue weighted by molar-refractivity contribution is 0.130. The van der Waals surface area contributed by atoms with Gasteiger partial charge in [-0.2, -0.15) is 0 Å². The van der Waals surface area contributed by atoms with Gasteiger partial charge in [-0.05, 0) is 12.1 Å². The van der Waals surface area contributed by atoms with Crippen molar-refractivity contribution in [3.8, 4) is 0 Å². The normalized spacial score (nSPS) is 12.5. The predicted molar refractivity (Wildman–Crippen MR) is 46.8 cm³/mol. The van der Waals surface area contributed by atoms with Crippen LogP contribution in [0.3, 0.4) is 0 Å². The fourth-order valence-corrected chi connectivity index (χ4v) is 1.22. The van der Waals surface area contributed by atoms with Crippen LogP contribution >= 0.6 is 11.6 Å². The van der Waals surface area contributed by atoms with Gasteiger partial charge in [-0.15, -0.1) is 0 Å². The molecule has 4 heteroatoms. The molecule has 0 aliphatic carbocycles. The molecule has 0 amide bonds. The Morgan fingerprint density at radius 3 is 2.38 bits per heavy atom. The fourth-order valence-electron chi connectivity index (χ4n) is 0.977. The minimum absolute atomic E-state index is 0.189. The zero-order chi connectivity index (χ0) is 9.84. The lowest BCUT2D eigenvalue weighted by Crippen LogP contribution is -2.04. The highest BCUT2D eigenvalue weighted by Gasteiger charge is 2.29. The van der Waals surface area contributed by atoms with Gasteiger partial charge in [0.1, 0.15) is 0 Å². The molecule has 1 aromatic carbocycles. The van der Waals surface area contributed by atoms with Crippen molar-refractivity contribution in [3.05, 3.63) is 46.3 Å². The van der Waals surface area contributed by atoms with Crippen molar-refractivity contribution in [1.29, 1.82) is 0 Å². The van der Waals surface area contributed by atoms with E-state index in [4.69, 9.17) is 18.2 Å². The van der Waals surface area contributed by atoms with Gasteiger partial charge in [0.15, 0.2) is 0 Å². The largest absolute Gasteiger partial charge is 0.316 e. The molecule has 0 aliphatic heterocycles. The Kier molecular flexibility index (Phi) is 3.21. The van der Waals surface area contributed by atoms with Gasteiger partial charge >= 0.3 is 12.5 Å². The van der Waals surface area contributed by atoms with Crippen molar-refractivity contribution in [3.63, 3.8) is 0 Å². The first-order valence-electron chi connectivity index (χ1n) is 3.56. The molecule has 1 aromatic rings. The van der Waals surface area contributed by atoms with Crippen LogP contribution in [0.1, 0.15) is 11.6 Å². The maximum Gasteiger partial charge on any atom is 0.316 e. The second kappa shape index (κ2) is 4.20. The summed E-state index contributed by atoms with van der Waals surface area (Å²) in [5.41, 5.74) is 0.189. The summed E-state index contributed by atoms with van der Waals surface area (Å²) < 4.78 is 24.6. The van der Waals surface area contributed by atoms with Crippen LogP contribution in [-0.4, -0.2) is 6.43 Å². The van der Waals surface area contributed by atoms with Gasteiger partial charge in [0.2, 0.25) is 0 Å². The molecular formula is C9H6ClF2N. The highest BCUT2D eigenvalue weighted by Crippen LogP contribution is 2.30. The van der Waals surface area contributed by atoms with Gasteiger partial charge in [0, 0.05) is 0 Å². The molecule has 0 spiro atoms. The molecule has 0 N–H and O–H groups in total. The Bertz CT molecular complexity index is 333. The Morgan fingerprint density at radius 2 is 1.92 bits per heavy atom. The molecule has 0 saturated heterocycles. The lowest BCUT2D eigenvalue weighted by atomic mass is 10.1. The third-order valence-corrected chi connectivity index (χ3v) is 1.95. The number of hydrogen-bond donors (Lipinski definition) is 0. The first kappa shape index (κ1) is 9.94. The van der Waals surface area contributed by atoms with Crippen LogP contribution in [0.2, 0.25) is 5.02 Å². The van der Waals surface area contributed by atoms with Crippen LogP contribution in [-0.2, 0) is 0 Å². The van der Waals surface area contributed by atoms with Gasteiger partial charge in [-0.1, -0.05) is 23.7 Å². The first-order chi connectivity index (χ1) is 6.16. The number of benzene rings is 1. The molecule has 0 heterocycles. The average Bonchev–Trinajstić information content (AvgIpc) is 2.09.